The fraction of sp³-hybridized carbons (Fsp3) is 0.417. The number of pyridine rings is 1. The summed E-state index contributed by atoms with van der Waals surface area (Å²) in [5.41, 5.74) is 0.283. The molecule has 2 rings (SSSR count). The fourth-order valence-corrected chi connectivity index (χ4v) is 1.58. The lowest BCUT2D eigenvalue weighted by molar-refractivity contribution is 0.417. The van der Waals surface area contributed by atoms with Crippen LogP contribution in [-0.2, 0) is 13.5 Å². The van der Waals surface area contributed by atoms with Crippen molar-refractivity contribution in [2.24, 2.45) is 7.05 Å². The first-order valence-corrected chi connectivity index (χ1v) is 5.77. The molecule has 1 atom stereocenters. The van der Waals surface area contributed by atoms with Crippen molar-refractivity contribution in [1.29, 1.82) is 0 Å². The van der Waals surface area contributed by atoms with Gasteiger partial charge in [-0.3, -0.25) is 4.79 Å². The number of likely N-dealkylation sites (N-methyl/N-ethyl adjacent to an activating group) is 1. The maximum Gasteiger partial charge on any atom is 0.263 e. The van der Waals surface area contributed by atoms with Gasteiger partial charge in [0.15, 0.2) is 5.82 Å². The van der Waals surface area contributed by atoms with Gasteiger partial charge in [-0.1, -0.05) is 5.16 Å². The summed E-state index contributed by atoms with van der Waals surface area (Å²) < 4.78 is 6.61. The van der Waals surface area contributed by atoms with Crippen LogP contribution in [0.3, 0.4) is 0 Å². The monoisotopic (exact) mass is 284 g/mol. The first-order valence-electron chi connectivity index (χ1n) is 5.77. The van der Waals surface area contributed by atoms with E-state index in [9.17, 15) is 4.79 Å². The van der Waals surface area contributed by atoms with Gasteiger partial charge >= 0.3 is 0 Å². The Kier molecular flexibility index (Phi) is 5.26. The minimum Gasteiger partial charge on any atom is -0.334 e. The van der Waals surface area contributed by atoms with E-state index in [-0.39, 0.29) is 29.9 Å². The summed E-state index contributed by atoms with van der Waals surface area (Å²) in [7, 11) is 3.56. The molecule has 2 aromatic rings. The molecule has 1 N–H and O–H groups in total. The summed E-state index contributed by atoms with van der Waals surface area (Å²) in [6.07, 6.45) is 2.35. The highest BCUT2D eigenvalue weighted by Crippen LogP contribution is 2.12. The zero-order chi connectivity index (χ0) is 13.1. The standard InChI is InChI=1S/C12H16N4O2.ClH/c1-8(13-2)7-10-14-11(18-15-10)9-5-4-6-16(3)12(9)17;/h4-6,8,13H,7H2,1-3H3;1H. The van der Waals surface area contributed by atoms with Crippen molar-refractivity contribution in [3.8, 4) is 11.5 Å². The maximum absolute atomic E-state index is 11.9. The number of rotatable bonds is 4. The van der Waals surface area contributed by atoms with Crippen molar-refractivity contribution < 1.29 is 4.52 Å². The van der Waals surface area contributed by atoms with Crippen molar-refractivity contribution in [3.05, 3.63) is 34.5 Å². The highest BCUT2D eigenvalue weighted by Gasteiger charge is 2.14. The Balaban J connectivity index is 0.00000180. The molecule has 2 heterocycles. The summed E-state index contributed by atoms with van der Waals surface area (Å²) in [5, 5.41) is 6.97. The third kappa shape index (κ3) is 3.42. The zero-order valence-corrected chi connectivity index (χ0v) is 11.9. The summed E-state index contributed by atoms with van der Waals surface area (Å²) in [4.78, 5) is 16.1. The molecule has 0 spiro atoms. The van der Waals surface area contributed by atoms with Gasteiger partial charge in [-0.15, -0.1) is 12.4 Å². The second-order valence-electron chi connectivity index (χ2n) is 4.25. The summed E-state index contributed by atoms with van der Waals surface area (Å²) in [6.45, 7) is 2.03. The normalized spacial score (nSPS) is 11.9. The van der Waals surface area contributed by atoms with Crippen molar-refractivity contribution in [1.82, 2.24) is 20.0 Å². The Morgan fingerprint density at radius 2 is 2.26 bits per heavy atom. The molecule has 0 amide bonds. The van der Waals surface area contributed by atoms with Gasteiger partial charge < -0.3 is 14.4 Å². The van der Waals surface area contributed by atoms with E-state index in [1.165, 1.54) is 4.57 Å². The van der Waals surface area contributed by atoms with Crippen LogP contribution in [0.5, 0.6) is 0 Å². The molecule has 0 radical (unpaired) electrons. The van der Waals surface area contributed by atoms with Crippen LogP contribution in [0.15, 0.2) is 27.6 Å². The maximum atomic E-state index is 11.9. The van der Waals surface area contributed by atoms with Gasteiger partial charge in [-0.25, -0.2) is 0 Å². The number of halogens is 1. The highest BCUT2D eigenvalue weighted by molar-refractivity contribution is 5.85. The molecular weight excluding hydrogens is 268 g/mol. The number of hydrogen-bond acceptors (Lipinski definition) is 5. The molecule has 2 aromatic heterocycles. The quantitative estimate of drug-likeness (QED) is 0.907. The Labute approximate surface area is 117 Å². The molecule has 0 saturated carbocycles. The Bertz CT molecular complexity index is 593. The second-order valence-corrected chi connectivity index (χ2v) is 4.25. The van der Waals surface area contributed by atoms with Crippen LogP contribution in [0.1, 0.15) is 12.7 Å². The number of aromatic nitrogens is 3. The van der Waals surface area contributed by atoms with E-state index in [4.69, 9.17) is 4.52 Å². The van der Waals surface area contributed by atoms with Crippen LogP contribution in [-0.4, -0.2) is 27.8 Å². The summed E-state index contributed by atoms with van der Waals surface area (Å²) in [5.74, 6) is 0.868. The molecule has 0 aliphatic carbocycles. The van der Waals surface area contributed by atoms with Crippen LogP contribution in [0, 0.1) is 0 Å². The van der Waals surface area contributed by atoms with Gasteiger partial charge in [0.25, 0.3) is 11.4 Å². The predicted molar refractivity (Wildman–Crippen MR) is 74.4 cm³/mol. The van der Waals surface area contributed by atoms with Crippen LogP contribution >= 0.6 is 12.4 Å². The Morgan fingerprint density at radius 3 is 2.95 bits per heavy atom. The van der Waals surface area contributed by atoms with Crippen LogP contribution in [0.2, 0.25) is 0 Å². The molecule has 19 heavy (non-hydrogen) atoms. The molecule has 6 nitrogen and oxygen atoms in total. The zero-order valence-electron chi connectivity index (χ0n) is 11.1. The Hall–Kier alpha value is -1.66. The van der Waals surface area contributed by atoms with E-state index in [0.29, 0.717) is 17.8 Å². The first-order chi connectivity index (χ1) is 8.61. The summed E-state index contributed by atoms with van der Waals surface area (Å²) in [6, 6.07) is 3.71. The van der Waals surface area contributed by atoms with Crippen molar-refractivity contribution in [3.63, 3.8) is 0 Å². The van der Waals surface area contributed by atoms with E-state index in [1.54, 1.807) is 25.4 Å². The van der Waals surface area contributed by atoms with Crippen LogP contribution in [0.25, 0.3) is 11.5 Å². The van der Waals surface area contributed by atoms with Crippen molar-refractivity contribution >= 4 is 12.4 Å². The lowest BCUT2D eigenvalue weighted by atomic mass is 10.2. The van der Waals surface area contributed by atoms with Gasteiger partial charge in [0, 0.05) is 25.7 Å². The molecule has 1 unspecified atom stereocenters. The molecule has 0 bridgehead atoms. The molecule has 7 heteroatoms. The average molecular weight is 285 g/mol. The van der Waals surface area contributed by atoms with Gasteiger partial charge in [-0.05, 0) is 26.1 Å². The number of hydrogen-bond donors (Lipinski definition) is 1. The third-order valence-corrected chi connectivity index (χ3v) is 2.80. The molecule has 0 saturated heterocycles. The smallest absolute Gasteiger partial charge is 0.263 e. The molecule has 0 aliphatic rings. The average Bonchev–Trinajstić information content (AvgIpc) is 2.80. The number of nitrogens with zero attached hydrogens (tertiary/aromatic N) is 3. The van der Waals surface area contributed by atoms with Gasteiger partial charge in [0.1, 0.15) is 5.56 Å². The van der Waals surface area contributed by atoms with E-state index < -0.39 is 0 Å². The molecule has 0 aromatic carbocycles. The van der Waals surface area contributed by atoms with E-state index in [0.717, 1.165) is 0 Å². The molecule has 104 valence electrons. The van der Waals surface area contributed by atoms with Crippen molar-refractivity contribution in [2.45, 2.75) is 19.4 Å². The fourth-order valence-electron chi connectivity index (χ4n) is 1.58. The summed E-state index contributed by atoms with van der Waals surface area (Å²) >= 11 is 0. The molecular formula is C12H17ClN4O2. The van der Waals surface area contributed by atoms with E-state index in [1.807, 2.05) is 14.0 Å². The number of nitrogens with one attached hydrogen (secondary N) is 1. The molecule has 0 aliphatic heterocycles. The topological polar surface area (TPSA) is 73.0 Å². The van der Waals surface area contributed by atoms with E-state index >= 15 is 0 Å². The highest BCUT2D eigenvalue weighted by atomic mass is 35.5. The van der Waals surface area contributed by atoms with Gasteiger partial charge in [-0.2, -0.15) is 4.98 Å². The minimum atomic E-state index is -0.144. The SMILES string of the molecule is CNC(C)Cc1noc(-c2cccn(C)c2=O)n1.Cl. The van der Waals surface area contributed by atoms with Crippen LogP contribution in [0.4, 0.5) is 0 Å². The van der Waals surface area contributed by atoms with Gasteiger partial charge in [0.05, 0.1) is 0 Å². The van der Waals surface area contributed by atoms with Crippen molar-refractivity contribution in [2.75, 3.05) is 7.05 Å². The van der Waals surface area contributed by atoms with Crippen LogP contribution < -0.4 is 10.9 Å². The minimum absolute atomic E-state index is 0. The largest absolute Gasteiger partial charge is 0.334 e. The number of aryl methyl sites for hydroxylation is 1. The predicted octanol–water partition coefficient (Wildman–Crippen LogP) is 1.01. The third-order valence-electron chi connectivity index (χ3n) is 2.80. The molecule has 0 fully saturated rings. The lowest BCUT2D eigenvalue weighted by Crippen LogP contribution is -2.24. The van der Waals surface area contributed by atoms with Gasteiger partial charge in [0.2, 0.25) is 0 Å². The first kappa shape index (κ1) is 15.4. The Morgan fingerprint density at radius 1 is 1.53 bits per heavy atom. The lowest BCUT2D eigenvalue weighted by Gasteiger charge is -2.04. The second kappa shape index (κ2) is 6.49. The van der Waals surface area contributed by atoms with E-state index in [2.05, 4.69) is 15.5 Å².